The van der Waals surface area contributed by atoms with Crippen LogP contribution >= 0.6 is 0 Å². The van der Waals surface area contributed by atoms with Crippen molar-refractivity contribution >= 4 is 16.6 Å². The van der Waals surface area contributed by atoms with Crippen LogP contribution in [0.15, 0.2) is 0 Å². The molecular weight excluding hydrogens is 212 g/mol. The van der Waals surface area contributed by atoms with E-state index >= 15 is 0 Å². The summed E-state index contributed by atoms with van der Waals surface area (Å²) in [6.45, 7) is 25.0. The normalized spacial score (nSPS) is 16.4. The summed E-state index contributed by atoms with van der Waals surface area (Å²) in [5.41, 5.74) is 0. The van der Waals surface area contributed by atoms with Gasteiger partial charge in [0, 0.05) is 9.04 Å². The predicted octanol–water partition coefficient (Wildman–Crippen LogP) is 4.55. The van der Waals surface area contributed by atoms with Crippen molar-refractivity contribution in [3.05, 3.63) is 0 Å². The molecule has 0 nitrogen and oxygen atoms in total. The molecule has 15 heavy (non-hydrogen) atoms. The average molecular weight is 245 g/mol. The molecule has 92 valence electrons. The minimum absolute atomic E-state index is 0.0475. The standard InChI is InChI=1S/C13H32Si2/c1-11(2,3)15(14-10,12(4,5)6)13(7,8)9/h14H2,1-10H3. The topological polar surface area (TPSA) is 0 Å². The summed E-state index contributed by atoms with van der Waals surface area (Å²) in [7, 11) is -1.19. The maximum Gasteiger partial charge on any atom is 0.0557 e. The second kappa shape index (κ2) is 4.03. The first kappa shape index (κ1) is 15.4. The van der Waals surface area contributed by atoms with Gasteiger partial charge in [0.15, 0.2) is 0 Å². The molecule has 0 aromatic heterocycles. The first-order chi connectivity index (χ1) is 6.31. The number of hydrogen-bond acceptors (Lipinski definition) is 0. The van der Waals surface area contributed by atoms with Crippen molar-refractivity contribution in [3.63, 3.8) is 0 Å². The molecule has 0 aliphatic rings. The van der Waals surface area contributed by atoms with Gasteiger partial charge in [-0.05, 0) is 15.1 Å². The molecule has 0 aromatic rings. The summed E-state index contributed by atoms with van der Waals surface area (Å²) >= 11 is 0. The molecule has 0 radical (unpaired) electrons. The zero-order chi connectivity index (χ0) is 12.7. The minimum Gasteiger partial charge on any atom is -0.0766 e. The molecule has 0 aromatic carbocycles. The highest BCUT2D eigenvalue weighted by atomic mass is 29.2. The minimum atomic E-state index is -1.24. The van der Waals surface area contributed by atoms with Crippen molar-refractivity contribution in [3.8, 4) is 0 Å². The van der Waals surface area contributed by atoms with Crippen molar-refractivity contribution in [2.24, 2.45) is 0 Å². The molecule has 0 aliphatic heterocycles. The third-order valence-electron chi connectivity index (χ3n) is 4.37. The second-order valence-corrected chi connectivity index (χ2v) is 20.3. The van der Waals surface area contributed by atoms with Crippen molar-refractivity contribution in [2.75, 3.05) is 0 Å². The Morgan fingerprint density at radius 2 is 0.800 bits per heavy atom. The molecule has 0 amide bonds. The number of hydrogen-bond donors (Lipinski definition) is 0. The monoisotopic (exact) mass is 244 g/mol. The molecule has 0 heterocycles. The van der Waals surface area contributed by atoms with Crippen LogP contribution in [0.2, 0.25) is 21.7 Å². The highest BCUT2D eigenvalue weighted by Crippen LogP contribution is 2.61. The molecule has 2 heteroatoms. The van der Waals surface area contributed by atoms with Crippen LogP contribution in [0.4, 0.5) is 0 Å². The third kappa shape index (κ3) is 2.41. The van der Waals surface area contributed by atoms with Crippen LogP contribution in [0.25, 0.3) is 0 Å². The Labute approximate surface area is 101 Å². The van der Waals surface area contributed by atoms with Gasteiger partial charge in [-0.1, -0.05) is 68.9 Å². The molecule has 0 rings (SSSR count). The summed E-state index contributed by atoms with van der Waals surface area (Å²) < 4.78 is 0. The van der Waals surface area contributed by atoms with Crippen molar-refractivity contribution in [1.29, 1.82) is 0 Å². The Hall–Kier alpha value is 0.434. The SMILES string of the molecule is C[SiH2][Si](C(C)(C)C)(C(C)(C)C)C(C)(C)C. The Kier molecular flexibility index (Phi) is 4.14. The van der Waals surface area contributed by atoms with Gasteiger partial charge >= 0.3 is 0 Å². The highest BCUT2D eigenvalue weighted by Gasteiger charge is 2.57. The predicted molar refractivity (Wildman–Crippen MR) is 79.3 cm³/mol. The summed E-state index contributed by atoms with van der Waals surface area (Å²) in [5, 5.41) is 1.60. The van der Waals surface area contributed by atoms with E-state index in [0.29, 0.717) is 15.1 Å². The summed E-state index contributed by atoms with van der Waals surface area (Å²) in [5.74, 6) is 0. The van der Waals surface area contributed by atoms with E-state index in [2.05, 4.69) is 68.9 Å². The van der Waals surface area contributed by atoms with Crippen LogP contribution in [-0.2, 0) is 0 Å². The summed E-state index contributed by atoms with van der Waals surface area (Å²) in [6.07, 6.45) is 0. The van der Waals surface area contributed by atoms with Crippen LogP contribution in [-0.4, -0.2) is 16.6 Å². The molecular formula is C13H32Si2. The summed E-state index contributed by atoms with van der Waals surface area (Å²) in [6, 6.07) is 0. The van der Waals surface area contributed by atoms with Gasteiger partial charge in [-0.3, -0.25) is 0 Å². The lowest BCUT2D eigenvalue weighted by Crippen LogP contribution is -2.62. The molecule has 0 bridgehead atoms. The molecule has 0 N–H and O–H groups in total. The quantitative estimate of drug-likeness (QED) is 0.594. The second-order valence-electron chi connectivity index (χ2n) is 8.01. The Balaban J connectivity index is 5.78. The molecule has 0 aliphatic carbocycles. The van der Waals surface area contributed by atoms with Crippen molar-refractivity contribution in [2.45, 2.75) is 84.0 Å². The molecule has 0 spiro atoms. The molecule has 0 saturated heterocycles. The Morgan fingerprint density at radius 1 is 0.600 bits per heavy atom. The van der Waals surface area contributed by atoms with Gasteiger partial charge in [0.1, 0.15) is 0 Å². The Morgan fingerprint density at radius 3 is 0.800 bits per heavy atom. The van der Waals surface area contributed by atoms with E-state index in [1.165, 1.54) is 0 Å². The molecule has 0 atom stereocenters. The van der Waals surface area contributed by atoms with Gasteiger partial charge in [0.2, 0.25) is 0 Å². The fourth-order valence-corrected chi connectivity index (χ4v) is 24.4. The van der Waals surface area contributed by atoms with E-state index in [4.69, 9.17) is 0 Å². The summed E-state index contributed by atoms with van der Waals surface area (Å²) in [4.78, 5) is 0. The fourth-order valence-electron chi connectivity index (χ4n) is 4.97. The Bertz CT molecular complexity index is 174. The fraction of sp³-hybridized carbons (Fsp3) is 1.00. The van der Waals surface area contributed by atoms with Gasteiger partial charge < -0.3 is 0 Å². The highest BCUT2D eigenvalue weighted by molar-refractivity contribution is 7.28. The van der Waals surface area contributed by atoms with Gasteiger partial charge in [0.25, 0.3) is 0 Å². The zero-order valence-electron chi connectivity index (χ0n) is 12.7. The van der Waals surface area contributed by atoms with E-state index in [0.717, 1.165) is 0 Å². The largest absolute Gasteiger partial charge is 0.0766 e. The van der Waals surface area contributed by atoms with E-state index in [9.17, 15) is 0 Å². The van der Waals surface area contributed by atoms with Crippen molar-refractivity contribution in [1.82, 2.24) is 0 Å². The number of rotatable bonds is 1. The van der Waals surface area contributed by atoms with Gasteiger partial charge in [-0.25, -0.2) is 0 Å². The van der Waals surface area contributed by atoms with E-state index in [1.807, 2.05) is 0 Å². The van der Waals surface area contributed by atoms with Gasteiger partial charge in [0.05, 0.1) is 7.59 Å². The maximum atomic E-state index is 2.55. The van der Waals surface area contributed by atoms with Crippen LogP contribution in [0.1, 0.15) is 62.3 Å². The maximum absolute atomic E-state index is 2.55. The molecule has 0 fully saturated rings. The first-order valence-electron chi connectivity index (χ1n) is 6.31. The first-order valence-corrected chi connectivity index (χ1v) is 12.1. The van der Waals surface area contributed by atoms with E-state index in [-0.39, 0.29) is 9.04 Å². The van der Waals surface area contributed by atoms with E-state index in [1.54, 1.807) is 0 Å². The average Bonchev–Trinajstić information content (AvgIpc) is 1.76. The van der Waals surface area contributed by atoms with Crippen LogP contribution < -0.4 is 0 Å². The van der Waals surface area contributed by atoms with Crippen LogP contribution in [0, 0.1) is 0 Å². The molecule has 0 saturated carbocycles. The van der Waals surface area contributed by atoms with E-state index < -0.39 is 7.59 Å². The lowest BCUT2D eigenvalue weighted by atomic mass is 10.2. The van der Waals surface area contributed by atoms with Crippen LogP contribution in [0.5, 0.6) is 0 Å². The van der Waals surface area contributed by atoms with Gasteiger partial charge in [-0.2, -0.15) is 0 Å². The van der Waals surface area contributed by atoms with Crippen LogP contribution in [0.3, 0.4) is 0 Å². The lowest BCUT2D eigenvalue weighted by molar-refractivity contribution is 0.555. The molecule has 0 unspecified atom stereocenters. The third-order valence-corrected chi connectivity index (χ3v) is 25.8. The van der Waals surface area contributed by atoms with Gasteiger partial charge in [-0.15, -0.1) is 0 Å². The zero-order valence-corrected chi connectivity index (χ0v) is 15.1. The van der Waals surface area contributed by atoms with Crippen molar-refractivity contribution < 1.29 is 0 Å². The smallest absolute Gasteiger partial charge is 0.0557 e. The lowest BCUT2D eigenvalue weighted by Gasteiger charge is -2.59.